The number of likely N-dealkylation sites (N-methyl/N-ethyl adjacent to an activating group) is 1. The summed E-state index contributed by atoms with van der Waals surface area (Å²) in [5, 5.41) is 3.37. The van der Waals surface area contributed by atoms with Crippen LogP contribution in [0.3, 0.4) is 0 Å². The van der Waals surface area contributed by atoms with E-state index in [1.807, 2.05) is 0 Å². The highest BCUT2D eigenvalue weighted by molar-refractivity contribution is 4.85. The lowest BCUT2D eigenvalue weighted by atomic mass is 10.2. The highest BCUT2D eigenvalue weighted by Crippen LogP contribution is 2.16. The van der Waals surface area contributed by atoms with Crippen LogP contribution in [0.4, 0.5) is 0 Å². The van der Waals surface area contributed by atoms with Crippen molar-refractivity contribution in [1.82, 2.24) is 5.32 Å². The molecule has 0 aromatic carbocycles. The molecular weight excluding hydrogens is 112 g/mol. The Morgan fingerprint density at radius 2 is 2.33 bits per heavy atom. The monoisotopic (exact) mass is 128 g/mol. The van der Waals surface area contributed by atoms with Crippen molar-refractivity contribution in [1.29, 1.82) is 0 Å². The number of nitrogens with two attached hydrogens (primary N) is 1. The zero-order chi connectivity index (χ0) is 6.69. The first kappa shape index (κ1) is 7.03. The molecule has 2 heteroatoms. The highest BCUT2D eigenvalue weighted by atomic mass is 15.0. The number of hydrogen-bond donors (Lipinski definition) is 2. The maximum Gasteiger partial charge on any atom is 0.0218 e. The van der Waals surface area contributed by atoms with Crippen molar-refractivity contribution in [2.75, 3.05) is 6.54 Å². The fourth-order valence-electron chi connectivity index (χ4n) is 1.50. The second-order valence-corrected chi connectivity index (χ2v) is 2.76. The topological polar surface area (TPSA) is 38.0 Å². The van der Waals surface area contributed by atoms with E-state index in [0.29, 0.717) is 12.1 Å². The fourth-order valence-corrected chi connectivity index (χ4v) is 1.50. The number of nitrogens with one attached hydrogen (secondary N) is 1. The van der Waals surface area contributed by atoms with Gasteiger partial charge in [-0.3, -0.25) is 0 Å². The molecule has 0 aromatic heterocycles. The molecule has 1 fully saturated rings. The zero-order valence-corrected chi connectivity index (χ0v) is 6.06. The van der Waals surface area contributed by atoms with Crippen LogP contribution in [0.2, 0.25) is 0 Å². The van der Waals surface area contributed by atoms with Gasteiger partial charge < -0.3 is 11.1 Å². The standard InChI is InChI=1S/C7H16N2/c1-2-9-7-5-3-4-6(7)8/h6-7,9H,2-5,8H2,1H3/t6-,7?/m0/s1. The molecule has 0 aromatic rings. The van der Waals surface area contributed by atoms with Gasteiger partial charge in [-0.2, -0.15) is 0 Å². The van der Waals surface area contributed by atoms with Crippen LogP contribution < -0.4 is 11.1 Å². The number of rotatable bonds is 2. The second-order valence-electron chi connectivity index (χ2n) is 2.76. The van der Waals surface area contributed by atoms with Crippen molar-refractivity contribution in [3.63, 3.8) is 0 Å². The lowest BCUT2D eigenvalue weighted by Crippen LogP contribution is -2.40. The Hall–Kier alpha value is -0.0800. The largest absolute Gasteiger partial charge is 0.326 e. The molecule has 54 valence electrons. The summed E-state index contributed by atoms with van der Waals surface area (Å²) in [6.45, 7) is 3.18. The molecule has 3 N–H and O–H groups in total. The summed E-state index contributed by atoms with van der Waals surface area (Å²) in [4.78, 5) is 0. The molecule has 1 saturated carbocycles. The number of hydrogen-bond acceptors (Lipinski definition) is 2. The Morgan fingerprint density at radius 1 is 1.56 bits per heavy atom. The fraction of sp³-hybridized carbons (Fsp3) is 1.00. The predicted molar refractivity (Wildman–Crippen MR) is 39.3 cm³/mol. The van der Waals surface area contributed by atoms with E-state index in [4.69, 9.17) is 5.73 Å². The van der Waals surface area contributed by atoms with E-state index in [1.54, 1.807) is 0 Å². The average molecular weight is 128 g/mol. The van der Waals surface area contributed by atoms with Gasteiger partial charge in [0.25, 0.3) is 0 Å². The van der Waals surface area contributed by atoms with Crippen molar-refractivity contribution < 1.29 is 0 Å². The third kappa shape index (κ3) is 1.66. The third-order valence-corrected chi connectivity index (χ3v) is 2.04. The van der Waals surface area contributed by atoms with Gasteiger partial charge in [0.2, 0.25) is 0 Å². The van der Waals surface area contributed by atoms with Gasteiger partial charge in [0.15, 0.2) is 0 Å². The first-order valence-corrected chi connectivity index (χ1v) is 3.83. The minimum absolute atomic E-state index is 0.421. The molecule has 2 nitrogen and oxygen atoms in total. The molecule has 1 unspecified atom stereocenters. The molecule has 0 saturated heterocycles. The average Bonchev–Trinajstić information content (AvgIpc) is 2.18. The molecule has 0 amide bonds. The van der Waals surface area contributed by atoms with Gasteiger partial charge in [-0.1, -0.05) is 13.3 Å². The van der Waals surface area contributed by atoms with E-state index < -0.39 is 0 Å². The Kier molecular flexibility index (Phi) is 2.49. The maximum atomic E-state index is 5.80. The van der Waals surface area contributed by atoms with Crippen LogP contribution in [0.15, 0.2) is 0 Å². The first-order chi connectivity index (χ1) is 4.34. The van der Waals surface area contributed by atoms with Gasteiger partial charge in [-0.25, -0.2) is 0 Å². The van der Waals surface area contributed by atoms with Crippen LogP contribution in [-0.2, 0) is 0 Å². The molecule has 1 aliphatic rings. The van der Waals surface area contributed by atoms with Gasteiger partial charge in [-0.05, 0) is 19.4 Å². The Labute approximate surface area is 56.8 Å². The summed E-state index contributed by atoms with van der Waals surface area (Å²) in [5.41, 5.74) is 5.80. The highest BCUT2D eigenvalue weighted by Gasteiger charge is 2.21. The molecule has 9 heavy (non-hydrogen) atoms. The summed E-state index contributed by atoms with van der Waals surface area (Å²) >= 11 is 0. The summed E-state index contributed by atoms with van der Waals surface area (Å²) in [5.74, 6) is 0. The van der Waals surface area contributed by atoms with Crippen molar-refractivity contribution in [2.45, 2.75) is 38.3 Å². The van der Waals surface area contributed by atoms with Crippen LogP contribution in [-0.4, -0.2) is 18.6 Å². The quantitative estimate of drug-likeness (QED) is 0.567. The lowest BCUT2D eigenvalue weighted by molar-refractivity contribution is 0.489. The Morgan fingerprint density at radius 3 is 2.78 bits per heavy atom. The van der Waals surface area contributed by atoms with Gasteiger partial charge in [-0.15, -0.1) is 0 Å². The lowest BCUT2D eigenvalue weighted by Gasteiger charge is -2.14. The van der Waals surface area contributed by atoms with Crippen molar-refractivity contribution in [3.05, 3.63) is 0 Å². The molecule has 1 rings (SSSR count). The van der Waals surface area contributed by atoms with Gasteiger partial charge in [0, 0.05) is 12.1 Å². The van der Waals surface area contributed by atoms with Gasteiger partial charge in [0.1, 0.15) is 0 Å². The van der Waals surface area contributed by atoms with Crippen molar-refractivity contribution in [3.8, 4) is 0 Å². The van der Waals surface area contributed by atoms with Crippen molar-refractivity contribution in [2.24, 2.45) is 5.73 Å². The van der Waals surface area contributed by atoms with Crippen LogP contribution in [0.1, 0.15) is 26.2 Å². The SMILES string of the molecule is CCNC1CCC[C@@H]1N. The van der Waals surface area contributed by atoms with Crippen LogP contribution >= 0.6 is 0 Å². The maximum absolute atomic E-state index is 5.80. The summed E-state index contributed by atoms with van der Waals surface area (Å²) < 4.78 is 0. The summed E-state index contributed by atoms with van der Waals surface area (Å²) in [6.07, 6.45) is 3.78. The molecule has 0 bridgehead atoms. The minimum Gasteiger partial charge on any atom is -0.326 e. The summed E-state index contributed by atoms with van der Waals surface area (Å²) in [6, 6.07) is 1.03. The first-order valence-electron chi connectivity index (χ1n) is 3.83. The van der Waals surface area contributed by atoms with E-state index in [2.05, 4.69) is 12.2 Å². The molecule has 0 aliphatic heterocycles. The normalized spacial score (nSPS) is 35.3. The predicted octanol–water partition coefficient (Wildman–Crippen LogP) is 0.476. The molecule has 0 spiro atoms. The molecule has 0 radical (unpaired) electrons. The molecule has 0 heterocycles. The van der Waals surface area contributed by atoms with E-state index >= 15 is 0 Å². The molecule has 2 atom stereocenters. The summed E-state index contributed by atoms with van der Waals surface area (Å²) in [7, 11) is 0. The van der Waals surface area contributed by atoms with Crippen LogP contribution in [0.25, 0.3) is 0 Å². The van der Waals surface area contributed by atoms with Crippen LogP contribution in [0, 0.1) is 0 Å². The molecular formula is C7H16N2. The Bertz CT molecular complexity index is 83.0. The minimum atomic E-state index is 0.421. The van der Waals surface area contributed by atoms with Crippen molar-refractivity contribution >= 4 is 0 Å². The third-order valence-electron chi connectivity index (χ3n) is 2.04. The molecule has 1 aliphatic carbocycles. The van der Waals surface area contributed by atoms with Gasteiger partial charge >= 0.3 is 0 Å². The Balaban J connectivity index is 2.22. The second kappa shape index (κ2) is 3.18. The van der Waals surface area contributed by atoms with E-state index in [9.17, 15) is 0 Å². The van der Waals surface area contributed by atoms with Crippen LogP contribution in [0.5, 0.6) is 0 Å². The van der Waals surface area contributed by atoms with E-state index in [1.165, 1.54) is 19.3 Å². The van der Waals surface area contributed by atoms with E-state index in [0.717, 1.165) is 6.54 Å². The smallest absolute Gasteiger partial charge is 0.0218 e. The van der Waals surface area contributed by atoms with E-state index in [-0.39, 0.29) is 0 Å². The zero-order valence-electron chi connectivity index (χ0n) is 6.06. The van der Waals surface area contributed by atoms with Gasteiger partial charge in [0.05, 0.1) is 0 Å².